The number of hydrogen-bond acceptors (Lipinski definition) is 5. The number of ether oxygens (including phenoxy) is 1. The number of aromatic nitrogens is 4. The van der Waals surface area contributed by atoms with E-state index in [-0.39, 0.29) is 5.91 Å². The molecule has 0 saturated heterocycles. The summed E-state index contributed by atoms with van der Waals surface area (Å²) in [6.45, 7) is 0. The zero-order valence-corrected chi connectivity index (χ0v) is 14.0. The van der Waals surface area contributed by atoms with E-state index in [9.17, 15) is 4.79 Å². The van der Waals surface area contributed by atoms with Crippen molar-refractivity contribution in [2.75, 3.05) is 12.4 Å². The lowest BCUT2D eigenvalue weighted by Crippen LogP contribution is -2.12. The lowest BCUT2D eigenvalue weighted by molar-refractivity contribution is 0.102. The molecule has 1 amide bonds. The summed E-state index contributed by atoms with van der Waals surface area (Å²) in [6.07, 6.45) is 1.50. The molecule has 0 saturated carbocycles. The molecule has 4 rings (SSSR count). The highest BCUT2D eigenvalue weighted by Gasteiger charge is 2.08. The van der Waals surface area contributed by atoms with E-state index >= 15 is 0 Å². The summed E-state index contributed by atoms with van der Waals surface area (Å²) in [7, 11) is 1.63. The molecule has 0 fully saturated rings. The Bertz CT molecular complexity index is 1080. The number of anilines is 1. The average molecular weight is 345 g/mol. The second-order valence-corrected chi connectivity index (χ2v) is 5.69. The zero-order chi connectivity index (χ0) is 17.9. The predicted octanol–water partition coefficient (Wildman–Crippen LogP) is 3.08. The van der Waals surface area contributed by atoms with Crippen molar-refractivity contribution in [3.63, 3.8) is 0 Å². The maximum Gasteiger partial charge on any atom is 0.255 e. The van der Waals surface area contributed by atoms with Gasteiger partial charge in [-0.2, -0.15) is 0 Å². The molecule has 0 unspecified atom stereocenters. The van der Waals surface area contributed by atoms with Crippen LogP contribution in [0.1, 0.15) is 10.4 Å². The molecule has 26 heavy (non-hydrogen) atoms. The minimum absolute atomic E-state index is 0.184. The lowest BCUT2D eigenvalue weighted by Gasteiger charge is -2.08. The first-order valence-corrected chi connectivity index (χ1v) is 7.95. The Morgan fingerprint density at radius 3 is 2.69 bits per heavy atom. The van der Waals surface area contributed by atoms with Gasteiger partial charge in [-0.3, -0.25) is 4.79 Å². The third-order valence-electron chi connectivity index (χ3n) is 4.03. The van der Waals surface area contributed by atoms with Gasteiger partial charge in [0.25, 0.3) is 5.91 Å². The van der Waals surface area contributed by atoms with Crippen molar-refractivity contribution in [1.82, 2.24) is 20.2 Å². The average Bonchev–Trinajstić information content (AvgIpc) is 3.22. The minimum atomic E-state index is -0.184. The van der Waals surface area contributed by atoms with Gasteiger partial charge in [0.1, 0.15) is 12.1 Å². The van der Waals surface area contributed by atoms with Crippen LogP contribution in [0.4, 0.5) is 5.69 Å². The number of carbonyl (C=O) groups excluding carboxylic acids is 1. The number of methoxy groups -OCH3 is 1. The number of tetrazole rings is 1. The topological polar surface area (TPSA) is 81.9 Å². The quantitative estimate of drug-likeness (QED) is 0.615. The highest BCUT2D eigenvalue weighted by atomic mass is 16.5. The Balaban J connectivity index is 1.58. The van der Waals surface area contributed by atoms with Gasteiger partial charge < -0.3 is 10.1 Å². The molecule has 4 aromatic rings. The molecule has 0 spiro atoms. The number of nitrogens with zero attached hydrogens (tertiary/aromatic N) is 4. The molecule has 1 aromatic heterocycles. The van der Waals surface area contributed by atoms with Crippen LogP contribution in [0.3, 0.4) is 0 Å². The summed E-state index contributed by atoms with van der Waals surface area (Å²) in [5.41, 5.74) is 2.01. The van der Waals surface area contributed by atoms with Gasteiger partial charge in [0.2, 0.25) is 0 Å². The molecule has 7 heteroatoms. The fraction of sp³-hybridized carbons (Fsp3) is 0.0526. The van der Waals surface area contributed by atoms with Crippen LogP contribution >= 0.6 is 0 Å². The molecular weight excluding hydrogens is 330 g/mol. The summed E-state index contributed by atoms with van der Waals surface area (Å²) >= 11 is 0. The molecule has 0 bridgehead atoms. The maximum atomic E-state index is 12.6. The Morgan fingerprint density at radius 2 is 1.88 bits per heavy atom. The van der Waals surface area contributed by atoms with Crippen LogP contribution in [0.25, 0.3) is 16.5 Å². The number of carbonyl (C=O) groups is 1. The van der Waals surface area contributed by atoms with Crippen LogP contribution in [0, 0.1) is 0 Å². The zero-order valence-electron chi connectivity index (χ0n) is 14.0. The number of fused-ring (bicyclic) bond motifs is 1. The van der Waals surface area contributed by atoms with Crippen molar-refractivity contribution in [3.05, 3.63) is 72.6 Å². The van der Waals surface area contributed by atoms with E-state index in [0.717, 1.165) is 22.2 Å². The summed E-state index contributed by atoms with van der Waals surface area (Å²) in [5, 5.41) is 16.0. The smallest absolute Gasteiger partial charge is 0.255 e. The van der Waals surface area contributed by atoms with E-state index in [1.807, 2.05) is 48.5 Å². The third-order valence-corrected chi connectivity index (χ3v) is 4.03. The van der Waals surface area contributed by atoms with Crippen molar-refractivity contribution in [3.8, 4) is 11.4 Å². The number of hydrogen-bond donors (Lipinski definition) is 1. The molecule has 0 radical (unpaired) electrons. The van der Waals surface area contributed by atoms with Gasteiger partial charge in [0.05, 0.1) is 12.8 Å². The SMILES string of the molecule is COc1ccc2cc(C(=O)Nc3cccc(-n4cnnn4)c3)ccc2c1. The number of nitrogens with one attached hydrogen (secondary N) is 1. The lowest BCUT2D eigenvalue weighted by atomic mass is 10.1. The largest absolute Gasteiger partial charge is 0.497 e. The van der Waals surface area contributed by atoms with Gasteiger partial charge in [-0.25, -0.2) is 4.68 Å². The molecule has 0 aliphatic carbocycles. The summed E-state index contributed by atoms with van der Waals surface area (Å²) in [4.78, 5) is 12.6. The van der Waals surface area contributed by atoms with E-state index in [0.29, 0.717) is 11.3 Å². The first-order chi connectivity index (χ1) is 12.7. The maximum absolute atomic E-state index is 12.6. The second-order valence-electron chi connectivity index (χ2n) is 5.69. The van der Waals surface area contributed by atoms with E-state index in [1.165, 1.54) is 11.0 Å². The summed E-state index contributed by atoms with van der Waals surface area (Å²) < 4.78 is 6.75. The van der Waals surface area contributed by atoms with Crippen LogP contribution in [0.15, 0.2) is 67.0 Å². The Kier molecular flexibility index (Phi) is 4.03. The van der Waals surface area contributed by atoms with E-state index in [4.69, 9.17) is 4.74 Å². The molecule has 128 valence electrons. The summed E-state index contributed by atoms with van der Waals surface area (Å²) in [6, 6.07) is 18.6. The molecule has 1 heterocycles. The fourth-order valence-corrected chi connectivity index (χ4v) is 2.70. The van der Waals surface area contributed by atoms with Gasteiger partial charge in [0, 0.05) is 11.3 Å². The molecule has 1 N–H and O–H groups in total. The Labute approximate surface area is 149 Å². The standard InChI is InChI=1S/C19H15N5O2/c1-26-18-8-7-13-9-15(6-5-14(13)10-18)19(25)21-16-3-2-4-17(11-16)24-12-20-22-23-24/h2-12H,1H3,(H,21,25). The second kappa shape index (κ2) is 6.64. The van der Waals surface area contributed by atoms with Crippen LogP contribution < -0.4 is 10.1 Å². The van der Waals surface area contributed by atoms with E-state index in [2.05, 4.69) is 20.8 Å². The number of benzene rings is 3. The van der Waals surface area contributed by atoms with Gasteiger partial charge in [0.15, 0.2) is 0 Å². The molecular formula is C19H15N5O2. The third kappa shape index (κ3) is 3.10. The van der Waals surface area contributed by atoms with Crippen molar-refractivity contribution in [2.24, 2.45) is 0 Å². The molecule has 7 nitrogen and oxygen atoms in total. The Morgan fingerprint density at radius 1 is 1.04 bits per heavy atom. The fourth-order valence-electron chi connectivity index (χ4n) is 2.70. The monoisotopic (exact) mass is 345 g/mol. The van der Waals surface area contributed by atoms with Gasteiger partial charge in [-0.15, -0.1) is 5.10 Å². The van der Waals surface area contributed by atoms with Gasteiger partial charge in [-0.05, 0) is 63.7 Å². The van der Waals surface area contributed by atoms with Crippen molar-refractivity contribution >= 4 is 22.4 Å². The van der Waals surface area contributed by atoms with Gasteiger partial charge >= 0.3 is 0 Å². The normalized spacial score (nSPS) is 10.7. The van der Waals surface area contributed by atoms with Crippen LogP contribution in [-0.2, 0) is 0 Å². The highest BCUT2D eigenvalue weighted by molar-refractivity contribution is 6.06. The van der Waals surface area contributed by atoms with Crippen LogP contribution in [0.2, 0.25) is 0 Å². The predicted molar refractivity (Wildman–Crippen MR) is 97.6 cm³/mol. The molecule has 0 aliphatic heterocycles. The van der Waals surface area contributed by atoms with Crippen LogP contribution in [-0.4, -0.2) is 33.2 Å². The number of rotatable bonds is 4. The van der Waals surface area contributed by atoms with Crippen molar-refractivity contribution in [1.29, 1.82) is 0 Å². The first-order valence-electron chi connectivity index (χ1n) is 7.95. The Hall–Kier alpha value is -3.74. The number of amides is 1. The molecule has 0 atom stereocenters. The molecule has 0 aliphatic rings. The van der Waals surface area contributed by atoms with E-state index < -0.39 is 0 Å². The van der Waals surface area contributed by atoms with Crippen LogP contribution in [0.5, 0.6) is 5.75 Å². The van der Waals surface area contributed by atoms with Crippen molar-refractivity contribution < 1.29 is 9.53 Å². The molecule has 3 aromatic carbocycles. The van der Waals surface area contributed by atoms with E-state index in [1.54, 1.807) is 19.2 Å². The summed E-state index contributed by atoms with van der Waals surface area (Å²) in [5.74, 6) is 0.603. The minimum Gasteiger partial charge on any atom is -0.497 e. The highest BCUT2D eigenvalue weighted by Crippen LogP contribution is 2.22. The van der Waals surface area contributed by atoms with Gasteiger partial charge in [-0.1, -0.05) is 18.2 Å². The van der Waals surface area contributed by atoms with Crippen molar-refractivity contribution in [2.45, 2.75) is 0 Å². The first kappa shape index (κ1) is 15.8.